The van der Waals surface area contributed by atoms with Gasteiger partial charge in [-0.15, -0.1) is 0 Å². The maximum atomic E-state index is 11.9. The highest BCUT2D eigenvalue weighted by molar-refractivity contribution is 5.38. The van der Waals surface area contributed by atoms with E-state index in [0.29, 0.717) is 31.3 Å². The molecule has 0 aromatic heterocycles. The summed E-state index contributed by atoms with van der Waals surface area (Å²) in [5.41, 5.74) is -2.50. The van der Waals surface area contributed by atoms with E-state index in [-0.39, 0.29) is 5.92 Å². The lowest BCUT2D eigenvalue weighted by Crippen LogP contribution is -2.88. The number of hydrogen-bond donors (Lipinski definition) is 5. The second kappa shape index (κ2) is 5.38. The summed E-state index contributed by atoms with van der Waals surface area (Å²) in [6.45, 7) is 8.05. The minimum Gasteiger partial charge on any atom is -0.392 e. The van der Waals surface area contributed by atoms with Gasteiger partial charge < -0.3 is 35.0 Å². The highest BCUT2D eigenvalue weighted by Gasteiger charge is 2.88. The molecule has 28 heavy (non-hydrogen) atoms. The number of rotatable bonds is 1. The fraction of sp³-hybridized carbons (Fsp3) is 0.905. The maximum Gasteiger partial charge on any atom is 0.206 e. The first-order chi connectivity index (χ1) is 13.0. The van der Waals surface area contributed by atoms with Gasteiger partial charge in [0, 0.05) is 18.9 Å². The van der Waals surface area contributed by atoms with Crippen molar-refractivity contribution in [1.29, 1.82) is 0 Å². The van der Waals surface area contributed by atoms with Crippen LogP contribution >= 0.6 is 0 Å². The van der Waals surface area contributed by atoms with Crippen molar-refractivity contribution in [3.05, 3.63) is 12.2 Å². The average molecular weight is 396 g/mol. The number of aliphatic hydroxyl groups excluding tert-OH is 4. The van der Waals surface area contributed by atoms with Crippen molar-refractivity contribution in [3.63, 3.8) is 0 Å². The highest BCUT2D eigenvalue weighted by atomic mass is 16.8. The fourth-order valence-corrected chi connectivity index (χ4v) is 8.44. The van der Waals surface area contributed by atoms with Gasteiger partial charge in [0.25, 0.3) is 0 Å². The number of hydrogen-bond acceptors (Lipinski definition) is 7. The SMILES string of the molecule is C=C1[C@@H](O)[C@]23[C@H](O)[C@H]1CC[C@H]2[C@@]12C(OC)O[C@]3(O)[C@@H](O)[C@@H]1C(C)(C)CC[C@@H]2O. The minimum absolute atomic E-state index is 0.366. The van der Waals surface area contributed by atoms with E-state index in [1.807, 2.05) is 13.8 Å². The molecule has 5 N–H and O–H groups in total. The van der Waals surface area contributed by atoms with Crippen LogP contribution in [0.4, 0.5) is 0 Å². The standard InChI is InChI=1S/C21H32O7/c1-9-10-5-6-11-19-12(22)7-8-18(2,3)13(19)16(25)21(26,28-17(19)27-4)20(11,14(9)23)15(10)24/h10-17,22-26H,1,5-8H2,2-4H3/t10-,11-,12-,13+,14+,15+,16-,17?,19-,20-,21+/m0/s1. The summed E-state index contributed by atoms with van der Waals surface area (Å²) in [4.78, 5) is 0. The Bertz CT molecular complexity index is 724. The molecule has 4 bridgehead atoms. The number of aliphatic hydroxyl groups is 5. The van der Waals surface area contributed by atoms with Crippen LogP contribution in [0.15, 0.2) is 12.2 Å². The van der Waals surface area contributed by atoms with Gasteiger partial charge in [0.05, 0.1) is 29.1 Å². The van der Waals surface area contributed by atoms with Gasteiger partial charge in [-0.25, -0.2) is 0 Å². The number of ether oxygens (including phenoxy) is 2. The van der Waals surface area contributed by atoms with Crippen LogP contribution < -0.4 is 0 Å². The van der Waals surface area contributed by atoms with Gasteiger partial charge in [-0.3, -0.25) is 0 Å². The van der Waals surface area contributed by atoms with Crippen LogP contribution in [-0.2, 0) is 9.47 Å². The van der Waals surface area contributed by atoms with Crippen molar-refractivity contribution in [3.8, 4) is 0 Å². The van der Waals surface area contributed by atoms with Gasteiger partial charge in [0.1, 0.15) is 6.10 Å². The molecular weight excluding hydrogens is 364 g/mol. The zero-order valence-corrected chi connectivity index (χ0v) is 16.7. The molecule has 4 aliphatic carbocycles. The van der Waals surface area contributed by atoms with Crippen molar-refractivity contribution in [2.45, 2.75) is 76.0 Å². The maximum absolute atomic E-state index is 11.9. The molecule has 7 heteroatoms. The minimum atomic E-state index is -2.20. The largest absolute Gasteiger partial charge is 0.392 e. The number of methoxy groups -OCH3 is 1. The van der Waals surface area contributed by atoms with Gasteiger partial charge in [0.15, 0.2) is 6.29 Å². The third kappa shape index (κ3) is 1.64. The molecule has 11 atom stereocenters. The van der Waals surface area contributed by atoms with Crippen LogP contribution in [0.25, 0.3) is 0 Å². The van der Waals surface area contributed by atoms with Gasteiger partial charge in [-0.2, -0.15) is 0 Å². The molecule has 0 aromatic rings. The first-order valence-electron chi connectivity index (χ1n) is 10.4. The van der Waals surface area contributed by atoms with Gasteiger partial charge in [-0.05, 0) is 42.6 Å². The lowest BCUT2D eigenvalue weighted by atomic mass is 9.35. The molecule has 4 saturated carbocycles. The molecule has 6 aliphatic rings. The van der Waals surface area contributed by atoms with E-state index in [1.54, 1.807) is 0 Å². The summed E-state index contributed by atoms with van der Waals surface area (Å²) in [6, 6.07) is 0. The second-order valence-corrected chi connectivity index (χ2v) is 10.4. The van der Waals surface area contributed by atoms with Crippen molar-refractivity contribution in [2.75, 3.05) is 7.11 Å². The first-order valence-corrected chi connectivity index (χ1v) is 10.4. The fourth-order valence-electron chi connectivity index (χ4n) is 8.44. The predicted octanol–water partition coefficient (Wildman–Crippen LogP) is 0.140. The number of fused-ring (bicyclic) bond motifs is 2. The molecule has 158 valence electrons. The Kier molecular flexibility index (Phi) is 3.73. The molecule has 2 spiro atoms. The first kappa shape index (κ1) is 19.4. The van der Waals surface area contributed by atoms with Crippen LogP contribution in [0, 0.1) is 34.0 Å². The molecular formula is C21H32O7. The molecule has 7 nitrogen and oxygen atoms in total. The van der Waals surface area contributed by atoms with Gasteiger partial charge >= 0.3 is 0 Å². The van der Waals surface area contributed by atoms with Crippen LogP contribution in [0.5, 0.6) is 0 Å². The summed E-state index contributed by atoms with van der Waals surface area (Å²) < 4.78 is 11.7. The Hall–Kier alpha value is -0.540. The molecule has 0 radical (unpaired) electrons. The summed E-state index contributed by atoms with van der Waals surface area (Å²) in [7, 11) is 1.47. The Morgan fingerprint density at radius 2 is 1.75 bits per heavy atom. The van der Waals surface area contributed by atoms with E-state index in [2.05, 4.69) is 6.58 Å². The molecule has 2 saturated heterocycles. The molecule has 6 fully saturated rings. The predicted molar refractivity (Wildman–Crippen MR) is 97.6 cm³/mol. The normalized spacial score (nSPS) is 61.8. The summed E-state index contributed by atoms with van der Waals surface area (Å²) in [6.07, 6.45) is -3.14. The van der Waals surface area contributed by atoms with Gasteiger partial charge in [0.2, 0.25) is 5.79 Å². The lowest BCUT2D eigenvalue weighted by molar-refractivity contribution is -0.524. The molecule has 2 heterocycles. The third-order valence-corrected chi connectivity index (χ3v) is 9.36. The Morgan fingerprint density at radius 3 is 2.39 bits per heavy atom. The average Bonchev–Trinajstić information content (AvgIpc) is 2.75. The van der Waals surface area contributed by atoms with E-state index in [0.717, 1.165) is 0 Å². The summed E-state index contributed by atoms with van der Waals surface area (Å²) in [5.74, 6) is -3.55. The van der Waals surface area contributed by atoms with E-state index in [1.165, 1.54) is 7.11 Å². The smallest absolute Gasteiger partial charge is 0.206 e. The Morgan fingerprint density at radius 1 is 1.07 bits per heavy atom. The Labute approximate surface area is 165 Å². The molecule has 0 amide bonds. The Balaban J connectivity index is 1.83. The zero-order chi connectivity index (χ0) is 20.4. The van der Waals surface area contributed by atoms with E-state index in [9.17, 15) is 25.5 Å². The topological polar surface area (TPSA) is 120 Å². The second-order valence-electron chi connectivity index (χ2n) is 10.4. The van der Waals surface area contributed by atoms with E-state index < -0.39 is 64.6 Å². The van der Waals surface area contributed by atoms with Crippen LogP contribution in [0.2, 0.25) is 0 Å². The quantitative estimate of drug-likeness (QED) is 0.400. The lowest BCUT2D eigenvalue weighted by Gasteiger charge is -2.77. The van der Waals surface area contributed by atoms with Crippen molar-refractivity contribution in [1.82, 2.24) is 0 Å². The van der Waals surface area contributed by atoms with Gasteiger partial charge in [-0.1, -0.05) is 20.4 Å². The van der Waals surface area contributed by atoms with Crippen LogP contribution in [0.1, 0.15) is 39.5 Å². The summed E-state index contributed by atoms with van der Waals surface area (Å²) >= 11 is 0. The van der Waals surface area contributed by atoms with E-state index >= 15 is 0 Å². The van der Waals surface area contributed by atoms with E-state index in [4.69, 9.17) is 9.47 Å². The zero-order valence-electron chi connectivity index (χ0n) is 16.7. The molecule has 6 rings (SSSR count). The molecule has 2 aliphatic heterocycles. The van der Waals surface area contributed by atoms with Crippen molar-refractivity contribution in [2.24, 2.45) is 34.0 Å². The highest BCUT2D eigenvalue weighted by Crippen LogP contribution is 2.78. The molecule has 0 aromatic carbocycles. The van der Waals surface area contributed by atoms with Crippen LogP contribution in [-0.4, -0.2) is 69.1 Å². The molecule has 1 unspecified atom stereocenters. The van der Waals surface area contributed by atoms with Crippen LogP contribution in [0.3, 0.4) is 0 Å². The summed E-state index contributed by atoms with van der Waals surface area (Å²) in [5, 5.41) is 57.3. The van der Waals surface area contributed by atoms with Crippen molar-refractivity contribution < 1.29 is 35.0 Å². The van der Waals surface area contributed by atoms with Crippen molar-refractivity contribution >= 4 is 0 Å². The monoisotopic (exact) mass is 396 g/mol. The third-order valence-electron chi connectivity index (χ3n) is 9.36.